The molecule has 1 heterocycles. The standard InChI is InChI=1S/C70H134N4O14S2/c1-9-60(10-2)56-87-69(82)32-19-15-13-17-28-62(75)52-73(53-63(76)29-18-14-16-20-33-70(83)88-57-61(11-3)12-4)39-25-26-50-89-90-51-46-72-43-41-71(42-44-72)45-49-86-68(81)36-27-40-74(54-64(77)30-21-23-34-66(79)84-47-37-58(5)6)55-65(78)31-22-24-35-67(80)85-48-38-59(7)8/h58-65,75-78H,9-57H2,1-8H3. The number of carbonyl (C=O) groups is 5. The number of carbonyl (C=O) groups excluding carboxylic acids is 5. The van der Waals surface area contributed by atoms with Crippen LogP contribution in [0.2, 0.25) is 0 Å². The molecule has 4 unspecified atom stereocenters. The highest BCUT2D eigenvalue weighted by Gasteiger charge is 2.21. The van der Waals surface area contributed by atoms with Crippen LogP contribution in [0, 0.1) is 23.7 Å². The summed E-state index contributed by atoms with van der Waals surface area (Å²) in [5.41, 5.74) is 0. The molecule has 4 N–H and O–H groups in total. The number of nitrogens with zero attached hydrogens (tertiary/aromatic N) is 4. The normalized spacial score (nSPS) is 14.7. The topological polar surface area (TPSA) is 225 Å². The van der Waals surface area contributed by atoms with Crippen LogP contribution in [0.15, 0.2) is 0 Å². The summed E-state index contributed by atoms with van der Waals surface area (Å²) in [5.74, 6) is 2.99. The lowest BCUT2D eigenvalue weighted by Crippen LogP contribution is -2.47. The van der Waals surface area contributed by atoms with Crippen LogP contribution in [0.4, 0.5) is 0 Å². The van der Waals surface area contributed by atoms with E-state index in [2.05, 4.69) is 70.1 Å². The van der Waals surface area contributed by atoms with Gasteiger partial charge in [0.25, 0.3) is 0 Å². The van der Waals surface area contributed by atoms with Gasteiger partial charge in [-0.1, -0.05) is 154 Å². The van der Waals surface area contributed by atoms with Crippen LogP contribution in [0.3, 0.4) is 0 Å². The number of esters is 5. The van der Waals surface area contributed by atoms with Crippen LogP contribution < -0.4 is 0 Å². The Morgan fingerprint density at radius 3 is 1.10 bits per heavy atom. The average Bonchev–Trinajstić information content (AvgIpc) is 3.53. The summed E-state index contributed by atoms with van der Waals surface area (Å²) >= 11 is 0. The van der Waals surface area contributed by atoms with E-state index in [0.29, 0.717) is 179 Å². The molecule has 1 aliphatic heterocycles. The molecule has 530 valence electrons. The van der Waals surface area contributed by atoms with Crippen molar-refractivity contribution >= 4 is 51.4 Å². The Bertz CT molecular complexity index is 1650. The first-order chi connectivity index (χ1) is 43.3. The quantitative estimate of drug-likeness (QED) is 0.0192. The second-order valence-electron chi connectivity index (χ2n) is 26.4. The number of ether oxygens (including phenoxy) is 5. The fraction of sp³-hybridized carbons (Fsp3) is 0.929. The van der Waals surface area contributed by atoms with E-state index >= 15 is 0 Å². The molecule has 0 aromatic heterocycles. The third-order valence-corrected chi connectivity index (χ3v) is 19.7. The summed E-state index contributed by atoms with van der Waals surface area (Å²) in [5, 5.41) is 44.2. The van der Waals surface area contributed by atoms with Crippen LogP contribution in [-0.4, -0.2) is 217 Å². The van der Waals surface area contributed by atoms with E-state index < -0.39 is 24.4 Å². The minimum Gasteiger partial charge on any atom is -0.466 e. The lowest BCUT2D eigenvalue weighted by atomic mass is 10.1. The van der Waals surface area contributed by atoms with E-state index in [0.717, 1.165) is 154 Å². The molecule has 1 saturated heterocycles. The number of rotatable bonds is 62. The van der Waals surface area contributed by atoms with Crippen LogP contribution in [-0.2, 0) is 47.7 Å². The number of hydrogen-bond acceptors (Lipinski definition) is 20. The maximum atomic E-state index is 12.9. The highest BCUT2D eigenvalue weighted by atomic mass is 33.1. The van der Waals surface area contributed by atoms with Crippen molar-refractivity contribution in [3.63, 3.8) is 0 Å². The molecule has 0 aromatic rings. The smallest absolute Gasteiger partial charge is 0.305 e. The Hall–Kier alpha value is -2.27. The lowest BCUT2D eigenvalue weighted by molar-refractivity contribution is -0.146. The van der Waals surface area contributed by atoms with E-state index in [9.17, 15) is 44.4 Å². The first-order valence-electron chi connectivity index (χ1n) is 36.0. The molecule has 0 saturated carbocycles. The Morgan fingerprint density at radius 1 is 0.378 bits per heavy atom. The molecule has 0 aliphatic carbocycles. The second kappa shape index (κ2) is 58.1. The van der Waals surface area contributed by atoms with Gasteiger partial charge in [0.15, 0.2) is 0 Å². The van der Waals surface area contributed by atoms with E-state index in [-0.39, 0.29) is 36.3 Å². The van der Waals surface area contributed by atoms with Crippen molar-refractivity contribution < 1.29 is 68.1 Å². The first kappa shape index (κ1) is 85.7. The van der Waals surface area contributed by atoms with Gasteiger partial charge >= 0.3 is 29.8 Å². The minimum absolute atomic E-state index is 0.111. The third kappa shape index (κ3) is 52.1. The molecule has 4 atom stereocenters. The molecular weight excluding hydrogens is 1180 g/mol. The molecule has 18 nitrogen and oxygen atoms in total. The highest BCUT2D eigenvalue weighted by Crippen LogP contribution is 2.24. The molecule has 1 fully saturated rings. The van der Waals surface area contributed by atoms with Crippen molar-refractivity contribution in [2.75, 3.05) is 123 Å². The summed E-state index contributed by atoms with van der Waals surface area (Å²) in [6.07, 6.45) is 20.0. The zero-order valence-electron chi connectivity index (χ0n) is 58.2. The van der Waals surface area contributed by atoms with Gasteiger partial charge in [-0.25, -0.2) is 0 Å². The van der Waals surface area contributed by atoms with Crippen molar-refractivity contribution in [3.8, 4) is 0 Å². The summed E-state index contributed by atoms with van der Waals surface area (Å²) in [7, 11) is 3.83. The van der Waals surface area contributed by atoms with Gasteiger partial charge in [-0.15, -0.1) is 0 Å². The molecule has 0 aromatic carbocycles. The molecule has 1 aliphatic rings. The summed E-state index contributed by atoms with van der Waals surface area (Å²) in [6.45, 7) is 27.7. The van der Waals surface area contributed by atoms with Crippen molar-refractivity contribution in [1.29, 1.82) is 0 Å². The van der Waals surface area contributed by atoms with E-state index in [1.54, 1.807) is 0 Å². The van der Waals surface area contributed by atoms with Crippen molar-refractivity contribution in [1.82, 2.24) is 19.6 Å². The van der Waals surface area contributed by atoms with Gasteiger partial charge in [0.2, 0.25) is 0 Å². The van der Waals surface area contributed by atoms with Gasteiger partial charge in [0, 0.05) is 109 Å². The predicted octanol–water partition coefficient (Wildman–Crippen LogP) is 12.1. The highest BCUT2D eigenvalue weighted by molar-refractivity contribution is 8.76. The predicted molar refractivity (Wildman–Crippen MR) is 367 cm³/mol. The Balaban J connectivity index is 2.47. The minimum atomic E-state index is -0.650. The fourth-order valence-corrected chi connectivity index (χ4v) is 13.0. The molecule has 0 amide bonds. The largest absolute Gasteiger partial charge is 0.466 e. The van der Waals surface area contributed by atoms with Gasteiger partial charge in [-0.05, 0) is 120 Å². The van der Waals surface area contributed by atoms with Gasteiger partial charge in [0.05, 0.1) is 50.8 Å². The molecule has 0 spiro atoms. The first-order valence-corrected chi connectivity index (χ1v) is 38.5. The molecular formula is C70H134N4O14S2. The van der Waals surface area contributed by atoms with E-state index in [1.165, 1.54) is 0 Å². The monoisotopic (exact) mass is 1320 g/mol. The third-order valence-electron chi connectivity index (χ3n) is 17.3. The number of piperazine rings is 1. The van der Waals surface area contributed by atoms with E-state index in [4.69, 9.17) is 23.7 Å². The molecule has 20 heteroatoms. The Kier molecular flexibility index (Phi) is 55.4. The maximum absolute atomic E-state index is 12.9. The zero-order chi connectivity index (χ0) is 66.4. The molecule has 90 heavy (non-hydrogen) atoms. The van der Waals surface area contributed by atoms with Crippen LogP contribution >= 0.6 is 21.6 Å². The molecule has 1 rings (SSSR count). The van der Waals surface area contributed by atoms with Gasteiger partial charge in [-0.3, -0.25) is 43.6 Å². The van der Waals surface area contributed by atoms with Crippen LogP contribution in [0.25, 0.3) is 0 Å². The molecule has 0 radical (unpaired) electrons. The summed E-state index contributed by atoms with van der Waals surface area (Å²) in [6, 6.07) is 0. The number of aliphatic hydroxyl groups excluding tert-OH is 4. The Labute approximate surface area is 555 Å². The summed E-state index contributed by atoms with van der Waals surface area (Å²) in [4.78, 5) is 70.6. The molecule has 0 bridgehead atoms. The van der Waals surface area contributed by atoms with E-state index in [1.807, 2.05) is 26.5 Å². The number of hydrogen-bond donors (Lipinski definition) is 4. The lowest BCUT2D eigenvalue weighted by Gasteiger charge is -2.34. The van der Waals surface area contributed by atoms with Gasteiger partial charge < -0.3 is 44.1 Å². The van der Waals surface area contributed by atoms with Gasteiger partial charge in [0.1, 0.15) is 6.61 Å². The number of unbranched alkanes of at least 4 members (excludes halogenated alkanes) is 9. The van der Waals surface area contributed by atoms with Crippen LogP contribution in [0.5, 0.6) is 0 Å². The second-order valence-corrected chi connectivity index (χ2v) is 29.1. The maximum Gasteiger partial charge on any atom is 0.305 e. The van der Waals surface area contributed by atoms with Gasteiger partial charge in [-0.2, -0.15) is 0 Å². The Morgan fingerprint density at radius 2 is 0.700 bits per heavy atom. The summed E-state index contributed by atoms with van der Waals surface area (Å²) < 4.78 is 27.3. The zero-order valence-corrected chi connectivity index (χ0v) is 59.9. The fourth-order valence-electron chi connectivity index (χ4n) is 10.8. The van der Waals surface area contributed by atoms with Crippen molar-refractivity contribution in [2.45, 2.75) is 272 Å². The van der Waals surface area contributed by atoms with Crippen molar-refractivity contribution in [2.24, 2.45) is 23.7 Å². The number of aliphatic hydroxyl groups is 4. The van der Waals surface area contributed by atoms with Crippen LogP contribution in [0.1, 0.15) is 248 Å². The van der Waals surface area contributed by atoms with Crippen molar-refractivity contribution in [3.05, 3.63) is 0 Å². The average molecular weight is 1320 g/mol. The SMILES string of the molecule is CCC(CC)COC(=O)CCCCCCC(O)CN(CCCCSSCCN1CCN(CCOC(=O)CCCN(CC(O)CCCCC(=O)OCCC(C)C)CC(O)CCCCC(=O)OCCC(C)C)CC1)CC(O)CCCCCCC(=O)OCC(CC)CC.